The van der Waals surface area contributed by atoms with Crippen LogP contribution in [0.2, 0.25) is 0 Å². The molecular weight excluding hydrogens is 246 g/mol. The fourth-order valence-corrected chi connectivity index (χ4v) is 3.08. The molecule has 2 rings (SSSR count). The molecule has 0 radical (unpaired) electrons. The van der Waals surface area contributed by atoms with Crippen molar-refractivity contribution in [1.29, 1.82) is 0 Å². The Morgan fingerprint density at radius 1 is 1.42 bits per heavy atom. The van der Waals surface area contributed by atoms with Gasteiger partial charge in [-0.1, -0.05) is 12.1 Å². The van der Waals surface area contributed by atoms with Gasteiger partial charge in [-0.2, -0.15) is 0 Å². The maximum Gasteiger partial charge on any atom is 0.234 e. The molecule has 1 saturated heterocycles. The highest BCUT2D eigenvalue weighted by atomic mass is 16.5. The lowest BCUT2D eigenvalue weighted by molar-refractivity contribution is -0.132. The van der Waals surface area contributed by atoms with E-state index in [9.17, 15) is 4.79 Å². The number of rotatable bonds is 3. The minimum atomic E-state index is -0.904. The van der Waals surface area contributed by atoms with E-state index in [1.54, 1.807) is 0 Å². The molecule has 2 fully saturated rings. The molecule has 1 amide bonds. The second-order valence-corrected chi connectivity index (χ2v) is 5.77. The lowest BCUT2D eigenvalue weighted by atomic mass is 9.78. The summed E-state index contributed by atoms with van der Waals surface area (Å²) in [5.74, 6) is 0.532. The molecule has 108 valence electrons. The Hall–Kier alpha value is -1.30. The predicted octanol–water partition coefficient (Wildman–Crippen LogP) is 0.834. The molecule has 4 N–H and O–H groups in total. The first-order chi connectivity index (χ1) is 9.08. The summed E-state index contributed by atoms with van der Waals surface area (Å²) in [4.78, 5) is 12.5. The van der Waals surface area contributed by atoms with Gasteiger partial charge in [-0.05, 0) is 38.0 Å². The van der Waals surface area contributed by atoms with Crippen LogP contribution in [0.15, 0.2) is 5.16 Å². The summed E-state index contributed by atoms with van der Waals surface area (Å²) in [5.41, 5.74) is 4.86. The molecule has 0 aromatic rings. The number of hydrogen-bond acceptors (Lipinski definition) is 4. The van der Waals surface area contributed by atoms with Gasteiger partial charge in [-0.3, -0.25) is 4.79 Å². The second-order valence-electron chi connectivity index (χ2n) is 5.77. The van der Waals surface area contributed by atoms with Crippen molar-refractivity contribution in [2.45, 2.75) is 45.1 Å². The molecule has 2 unspecified atom stereocenters. The molecule has 0 spiro atoms. The zero-order valence-electron chi connectivity index (χ0n) is 11.4. The Morgan fingerprint density at radius 2 is 2.11 bits per heavy atom. The first-order valence-corrected chi connectivity index (χ1v) is 6.95. The molecule has 6 heteroatoms. The van der Waals surface area contributed by atoms with Gasteiger partial charge in [-0.25, -0.2) is 0 Å². The minimum Gasteiger partial charge on any atom is -0.409 e. The average molecular weight is 269 g/mol. The van der Waals surface area contributed by atoms with Gasteiger partial charge in [0.15, 0.2) is 5.84 Å². The van der Waals surface area contributed by atoms with Crippen molar-refractivity contribution in [2.24, 2.45) is 22.2 Å². The number of carbonyl (C=O) groups is 1. The van der Waals surface area contributed by atoms with Gasteiger partial charge < -0.3 is 21.0 Å². The molecule has 2 atom stereocenters. The van der Waals surface area contributed by atoms with E-state index in [4.69, 9.17) is 15.7 Å². The number of ether oxygens (including phenoxy) is 1. The molecule has 19 heavy (non-hydrogen) atoms. The van der Waals surface area contributed by atoms with Crippen LogP contribution >= 0.6 is 0 Å². The minimum absolute atomic E-state index is 0.000606. The Kier molecular flexibility index (Phi) is 4.29. The Morgan fingerprint density at radius 3 is 2.63 bits per heavy atom. The fraction of sp³-hybridized carbons (Fsp3) is 0.846. The van der Waals surface area contributed by atoms with Crippen LogP contribution in [-0.2, 0) is 9.53 Å². The summed E-state index contributed by atoms with van der Waals surface area (Å²) in [5, 5.41) is 15.1. The zero-order valence-corrected chi connectivity index (χ0v) is 11.4. The summed E-state index contributed by atoms with van der Waals surface area (Å²) in [6.07, 6.45) is 4.10. The van der Waals surface area contributed by atoms with Crippen LogP contribution in [-0.4, -0.2) is 36.2 Å². The summed E-state index contributed by atoms with van der Waals surface area (Å²) in [6, 6.07) is 0.216. The molecule has 2 aliphatic rings. The quantitative estimate of drug-likeness (QED) is 0.306. The third kappa shape index (κ3) is 2.83. The highest BCUT2D eigenvalue weighted by molar-refractivity contribution is 6.06. The van der Waals surface area contributed by atoms with E-state index in [1.807, 2.05) is 0 Å². The molecule has 0 aromatic heterocycles. The van der Waals surface area contributed by atoms with Crippen LogP contribution in [0.3, 0.4) is 0 Å². The maximum absolute atomic E-state index is 12.5. The van der Waals surface area contributed by atoms with Crippen molar-refractivity contribution in [3.8, 4) is 0 Å². The van der Waals surface area contributed by atoms with E-state index in [2.05, 4.69) is 17.4 Å². The Balaban J connectivity index is 2.07. The largest absolute Gasteiger partial charge is 0.409 e. The Labute approximate surface area is 113 Å². The SMILES string of the molecule is CC1CCC(NC(=O)C2(C(N)=NO)CCOCC2)C1. The predicted molar refractivity (Wildman–Crippen MR) is 70.8 cm³/mol. The average Bonchev–Trinajstić information content (AvgIpc) is 2.83. The van der Waals surface area contributed by atoms with Crippen LogP contribution in [0.4, 0.5) is 0 Å². The number of oxime groups is 1. The molecule has 1 aliphatic carbocycles. The van der Waals surface area contributed by atoms with Crippen molar-refractivity contribution in [1.82, 2.24) is 5.32 Å². The fourth-order valence-electron chi connectivity index (χ4n) is 3.08. The lowest BCUT2D eigenvalue weighted by Crippen LogP contribution is -2.54. The van der Waals surface area contributed by atoms with E-state index < -0.39 is 5.41 Å². The van der Waals surface area contributed by atoms with Gasteiger partial charge in [0.1, 0.15) is 5.41 Å². The summed E-state index contributed by atoms with van der Waals surface area (Å²) in [7, 11) is 0. The number of nitrogens with one attached hydrogen (secondary N) is 1. The topological polar surface area (TPSA) is 96.9 Å². The highest BCUT2D eigenvalue weighted by Crippen LogP contribution is 2.33. The molecule has 6 nitrogen and oxygen atoms in total. The van der Waals surface area contributed by atoms with Gasteiger partial charge in [0, 0.05) is 19.3 Å². The molecule has 1 heterocycles. The number of nitrogens with two attached hydrogens (primary N) is 1. The zero-order chi connectivity index (χ0) is 13.9. The van der Waals surface area contributed by atoms with Crippen LogP contribution in [0.5, 0.6) is 0 Å². The molecule has 0 bridgehead atoms. The first-order valence-electron chi connectivity index (χ1n) is 6.95. The molecule has 0 aromatic carbocycles. The van der Waals surface area contributed by atoms with Crippen LogP contribution in [0.1, 0.15) is 39.0 Å². The number of amides is 1. The van der Waals surface area contributed by atoms with Crippen molar-refractivity contribution >= 4 is 11.7 Å². The first kappa shape index (κ1) is 14.1. The second kappa shape index (κ2) is 5.77. The van der Waals surface area contributed by atoms with Crippen molar-refractivity contribution in [2.75, 3.05) is 13.2 Å². The Bertz CT molecular complexity index is 364. The lowest BCUT2D eigenvalue weighted by Gasteiger charge is -2.35. The van der Waals surface area contributed by atoms with E-state index in [-0.39, 0.29) is 17.8 Å². The molecule has 1 aliphatic heterocycles. The molecule has 1 saturated carbocycles. The van der Waals surface area contributed by atoms with Gasteiger partial charge in [0.25, 0.3) is 0 Å². The standard InChI is InChI=1S/C13H23N3O3/c1-9-2-3-10(8-9)15-12(17)13(11(14)16-18)4-6-19-7-5-13/h9-10,18H,2-8H2,1H3,(H2,14,16)(H,15,17). The third-order valence-corrected chi connectivity index (χ3v) is 4.41. The van der Waals surface area contributed by atoms with Crippen molar-refractivity contribution < 1.29 is 14.7 Å². The summed E-state index contributed by atoms with van der Waals surface area (Å²) in [6.45, 7) is 3.12. The smallest absolute Gasteiger partial charge is 0.234 e. The summed E-state index contributed by atoms with van der Waals surface area (Å²) < 4.78 is 5.28. The number of carbonyl (C=O) groups excluding carboxylic acids is 1. The van der Waals surface area contributed by atoms with Crippen LogP contribution in [0, 0.1) is 11.3 Å². The van der Waals surface area contributed by atoms with E-state index in [0.29, 0.717) is 32.0 Å². The van der Waals surface area contributed by atoms with Gasteiger partial charge >= 0.3 is 0 Å². The van der Waals surface area contributed by atoms with Gasteiger partial charge in [0.2, 0.25) is 5.91 Å². The number of amidine groups is 1. The highest BCUT2D eigenvalue weighted by Gasteiger charge is 2.45. The van der Waals surface area contributed by atoms with Gasteiger partial charge in [-0.15, -0.1) is 0 Å². The molecular formula is C13H23N3O3. The number of hydrogen-bond donors (Lipinski definition) is 3. The summed E-state index contributed by atoms with van der Waals surface area (Å²) >= 11 is 0. The number of nitrogens with zero attached hydrogens (tertiary/aromatic N) is 1. The van der Waals surface area contributed by atoms with Gasteiger partial charge in [0.05, 0.1) is 0 Å². The maximum atomic E-state index is 12.5. The normalized spacial score (nSPS) is 31.1. The van der Waals surface area contributed by atoms with E-state index in [0.717, 1.165) is 19.3 Å². The monoisotopic (exact) mass is 269 g/mol. The van der Waals surface area contributed by atoms with Crippen molar-refractivity contribution in [3.63, 3.8) is 0 Å². The van der Waals surface area contributed by atoms with E-state index >= 15 is 0 Å². The van der Waals surface area contributed by atoms with Crippen LogP contribution in [0.25, 0.3) is 0 Å². The van der Waals surface area contributed by atoms with Crippen LogP contribution < -0.4 is 11.1 Å². The van der Waals surface area contributed by atoms with E-state index in [1.165, 1.54) is 0 Å². The van der Waals surface area contributed by atoms with Crippen molar-refractivity contribution in [3.05, 3.63) is 0 Å². The third-order valence-electron chi connectivity index (χ3n) is 4.41.